The van der Waals surface area contributed by atoms with E-state index in [4.69, 9.17) is 10.5 Å². The smallest absolute Gasteiger partial charge is 0.227 e. The molecule has 0 radical (unpaired) electrons. The lowest BCUT2D eigenvalue weighted by Gasteiger charge is -2.33. The Morgan fingerprint density at radius 2 is 1.92 bits per heavy atom. The van der Waals surface area contributed by atoms with Crippen molar-refractivity contribution in [2.24, 2.45) is 17.6 Å². The number of hydrogen-bond donors (Lipinski definition) is 1. The van der Waals surface area contributed by atoms with Gasteiger partial charge in [0.05, 0.1) is 13.0 Å². The van der Waals surface area contributed by atoms with Crippen molar-refractivity contribution < 1.29 is 14.3 Å². The van der Waals surface area contributed by atoms with E-state index in [1.807, 2.05) is 29.2 Å². The minimum atomic E-state index is -0.208. The molecule has 2 amide bonds. The number of nitrogens with two attached hydrogens (primary N) is 1. The minimum absolute atomic E-state index is 0.0611. The maximum atomic E-state index is 12.7. The third-order valence-corrected chi connectivity index (χ3v) is 5.36. The first kappa shape index (κ1) is 17.7. The molecular weight excluding hydrogens is 318 g/mol. The van der Waals surface area contributed by atoms with E-state index >= 15 is 0 Å². The third-order valence-electron chi connectivity index (χ3n) is 5.36. The Hall–Kier alpha value is -2.08. The average Bonchev–Trinajstić information content (AvgIpc) is 3.02. The van der Waals surface area contributed by atoms with E-state index in [1.165, 1.54) is 0 Å². The molecule has 0 aliphatic carbocycles. The first-order chi connectivity index (χ1) is 12.1. The molecule has 6 heteroatoms. The molecule has 2 N–H and O–H groups in total. The van der Waals surface area contributed by atoms with Crippen LogP contribution in [0.1, 0.15) is 24.8 Å². The van der Waals surface area contributed by atoms with E-state index in [-0.39, 0.29) is 17.7 Å². The molecule has 25 heavy (non-hydrogen) atoms. The van der Waals surface area contributed by atoms with Crippen molar-refractivity contribution in [2.75, 3.05) is 33.3 Å². The van der Waals surface area contributed by atoms with Gasteiger partial charge in [-0.2, -0.15) is 0 Å². The number of carbonyl (C=O) groups excluding carboxylic acids is 2. The van der Waals surface area contributed by atoms with E-state index in [1.54, 1.807) is 12.0 Å². The van der Waals surface area contributed by atoms with Gasteiger partial charge in [0.25, 0.3) is 0 Å². The fraction of sp³-hybridized carbons (Fsp3) is 0.579. The lowest BCUT2D eigenvalue weighted by molar-refractivity contribution is -0.137. The quantitative estimate of drug-likeness (QED) is 0.871. The molecule has 1 unspecified atom stereocenters. The van der Waals surface area contributed by atoms with E-state index in [0.717, 1.165) is 37.2 Å². The Morgan fingerprint density at radius 1 is 1.24 bits per heavy atom. The van der Waals surface area contributed by atoms with Gasteiger partial charge in [-0.3, -0.25) is 9.59 Å². The number of ether oxygens (including phenoxy) is 1. The number of benzene rings is 1. The molecule has 0 bridgehead atoms. The molecule has 1 atom stereocenters. The SMILES string of the molecule is COc1ccc(CN2CC(C(=O)N3CCC(CN)CC3)CC2=O)cc1. The number of methoxy groups -OCH3 is 1. The van der Waals surface area contributed by atoms with Gasteiger partial charge in [-0.25, -0.2) is 0 Å². The second-order valence-corrected chi connectivity index (χ2v) is 7.03. The van der Waals surface area contributed by atoms with Crippen LogP contribution in [-0.2, 0) is 16.1 Å². The number of carbonyl (C=O) groups is 2. The van der Waals surface area contributed by atoms with Gasteiger partial charge in [0, 0.05) is 32.6 Å². The number of likely N-dealkylation sites (tertiary alicyclic amines) is 2. The van der Waals surface area contributed by atoms with Crippen LogP contribution in [0.15, 0.2) is 24.3 Å². The second kappa shape index (κ2) is 7.87. The maximum absolute atomic E-state index is 12.7. The molecule has 2 fully saturated rings. The molecule has 0 spiro atoms. The molecule has 2 saturated heterocycles. The monoisotopic (exact) mass is 345 g/mol. The van der Waals surface area contributed by atoms with Crippen LogP contribution in [-0.4, -0.2) is 54.9 Å². The number of hydrogen-bond acceptors (Lipinski definition) is 4. The number of amides is 2. The van der Waals surface area contributed by atoms with Gasteiger partial charge >= 0.3 is 0 Å². The van der Waals surface area contributed by atoms with Crippen LogP contribution in [0.3, 0.4) is 0 Å². The lowest BCUT2D eigenvalue weighted by atomic mass is 9.95. The maximum Gasteiger partial charge on any atom is 0.227 e. The molecule has 1 aromatic carbocycles. The molecule has 2 aliphatic heterocycles. The van der Waals surface area contributed by atoms with Crippen molar-refractivity contribution in [2.45, 2.75) is 25.8 Å². The highest BCUT2D eigenvalue weighted by Crippen LogP contribution is 2.25. The summed E-state index contributed by atoms with van der Waals surface area (Å²) in [4.78, 5) is 28.7. The van der Waals surface area contributed by atoms with Crippen LogP contribution >= 0.6 is 0 Å². The standard InChI is InChI=1S/C19H27N3O3/c1-25-17-4-2-15(3-5-17)12-22-13-16(10-18(22)23)19(24)21-8-6-14(11-20)7-9-21/h2-5,14,16H,6-13,20H2,1H3. The fourth-order valence-electron chi connectivity index (χ4n) is 3.69. The van der Waals surface area contributed by atoms with E-state index in [9.17, 15) is 9.59 Å². The van der Waals surface area contributed by atoms with Gasteiger partial charge in [-0.05, 0) is 43.0 Å². The normalized spacial score (nSPS) is 21.7. The number of nitrogens with zero attached hydrogens (tertiary/aromatic N) is 2. The largest absolute Gasteiger partial charge is 0.497 e. The Morgan fingerprint density at radius 3 is 2.52 bits per heavy atom. The topological polar surface area (TPSA) is 75.9 Å². The number of rotatable bonds is 5. The fourth-order valence-corrected chi connectivity index (χ4v) is 3.69. The predicted octanol–water partition coefficient (Wildman–Crippen LogP) is 1.24. The van der Waals surface area contributed by atoms with Crippen LogP contribution in [0.5, 0.6) is 5.75 Å². The highest BCUT2D eigenvalue weighted by molar-refractivity contribution is 5.89. The zero-order valence-corrected chi connectivity index (χ0v) is 14.8. The summed E-state index contributed by atoms with van der Waals surface area (Å²) >= 11 is 0. The molecular formula is C19H27N3O3. The van der Waals surface area contributed by atoms with E-state index in [2.05, 4.69) is 0 Å². The average molecular weight is 345 g/mol. The molecule has 0 saturated carbocycles. The van der Waals surface area contributed by atoms with Crippen molar-refractivity contribution in [1.29, 1.82) is 0 Å². The first-order valence-corrected chi connectivity index (χ1v) is 9.00. The van der Waals surface area contributed by atoms with E-state index in [0.29, 0.717) is 32.0 Å². The van der Waals surface area contributed by atoms with Crippen molar-refractivity contribution in [3.05, 3.63) is 29.8 Å². The van der Waals surface area contributed by atoms with Crippen molar-refractivity contribution in [3.8, 4) is 5.75 Å². The second-order valence-electron chi connectivity index (χ2n) is 7.03. The summed E-state index contributed by atoms with van der Waals surface area (Å²) in [6, 6.07) is 7.69. The van der Waals surface area contributed by atoms with Crippen LogP contribution in [0.2, 0.25) is 0 Å². The molecule has 6 nitrogen and oxygen atoms in total. The summed E-state index contributed by atoms with van der Waals surface area (Å²) in [7, 11) is 1.63. The predicted molar refractivity (Wildman–Crippen MR) is 94.9 cm³/mol. The number of piperidine rings is 1. The van der Waals surface area contributed by atoms with Gasteiger partial charge in [-0.1, -0.05) is 12.1 Å². The van der Waals surface area contributed by atoms with Crippen molar-refractivity contribution in [3.63, 3.8) is 0 Å². The van der Waals surface area contributed by atoms with Gasteiger partial charge in [0.1, 0.15) is 5.75 Å². The molecule has 2 aliphatic rings. The Bertz CT molecular complexity index is 609. The zero-order valence-electron chi connectivity index (χ0n) is 14.8. The summed E-state index contributed by atoms with van der Waals surface area (Å²) in [5.74, 6) is 1.30. The first-order valence-electron chi connectivity index (χ1n) is 9.00. The highest BCUT2D eigenvalue weighted by atomic mass is 16.5. The van der Waals surface area contributed by atoms with Crippen LogP contribution in [0, 0.1) is 11.8 Å². The summed E-state index contributed by atoms with van der Waals surface area (Å²) in [5, 5.41) is 0. The van der Waals surface area contributed by atoms with Gasteiger partial charge in [0.15, 0.2) is 0 Å². The molecule has 0 aromatic heterocycles. The summed E-state index contributed by atoms with van der Waals surface area (Å²) in [6.45, 7) is 3.29. The van der Waals surface area contributed by atoms with Gasteiger partial charge < -0.3 is 20.3 Å². The summed E-state index contributed by atoms with van der Waals surface area (Å²) < 4.78 is 5.15. The van der Waals surface area contributed by atoms with Crippen molar-refractivity contribution >= 4 is 11.8 Å². The summed E-state index contributed by atoms with van der Waals surface area (Å²) in [6.07, 6.45) is 2.27. The molecule has 136 valence electrons. The molecule has 1 aromatic rings. The third kappa shape index (κ3) is 4.12. The minimum Gasteiger partial charge on any atom is -0.497 e. The Kier molecular flexibility index (Phi) is 5.58. The lowest BCUT2D eigenvalue weighted by Crippen LogP contribution is -2.43. The van der Waals surface area contributed by atoms with Crippen LogP contribution < -0.4 is 10.5 Å². The highest BCUT2D eigenvalue weighted by Gasteiger charge is 2.37. The van der Waals surface area contributed by atoms with Gasteiger partial charge in [0.2, 0.25) is 11.8 Å². The molecule has 3 rings (SSSR count). The zero-order chi connectivity index (χ0) is 17.8. The van der Waals surface area contributed by atoms with Crippen LogP contribution in [0.4, 0.5) is 0 Å². The van der Waals surface area contributed by atoms with E-state index < -0.39 is 0 Å². The van der Waals surface area contributed by atoms with Gasteiger partial charge in [-0.15, -0.1) is 0 Å². The Balaban J connectivity index is 1.55. The Labute approximate surface area is 148 Å². The van der Waals surface area contributed by atoms with Crippen LogP contribution in [0.25, 0.3) is 0 Å². The molecule has 2 heterocycles. The summed E-state index contributed by atoms with van der Waals surface area (Å²) in [5.41, 5.74) is 6.76. The van der Waals surface area contributed by atoms with Crippen molar-refractivity contribution in [1.82, 2.24) is 9.80 Å².